The lowest BCUT2D eigenvalue weighted by Crippen LogP contribution is -2.04. The van der Waals surface area contributed by atoms with E-state index in [0.29, 0.717) is 6.54 Å². The second-order valence-electron chi connectivity index (χ2n) is 2.77. The van der Waals surface area contributed by atoms with Gasteiger partial charge in [-0.2, -0.15) is 0 Å². The number of nitroso groups, excluding NO2 is 1. The minimum absolute atomic E-state index is 0.708. The summed E-state index contributed by atoms with van der Waals surface area (Å²) in [5.74, 6) is 0. The van der Waals surface area contributed by atoms with Crippen molar-refractivity contribution in [3.63, 3.8) is 0 Å². The molecule has 1 rings (SSSR count). The number of unbranched alkanes of at least 4 members (excludes halogenated alkanes) is 1. The van der Waals surface area contributed by atoms with Crippen molar-refractivity contribution < 1.29 is 0 Å². The van der Waals surface area contributed by atoms with E-state index in [1.54, 1.807) is 0 Å². The Morgan fingerprint density at radius 3 is 2.09 bits per heavy atom. The number of rotatable bonds is 4. The zero-order chi connectivity index (χ0) is 8.36. The topological polar surface area (TPSA) is 41.5 Å². The summed E-state index contributed by atoms with van der Waals surface area (Å²) in [5.41, 5.74) is 2.32. The first-order chi connectivity index (χ1) is 5.41. The van der Waals surface area contributed by atoms with E-state index in [4.69, 9.17) is 0 Å². The van der Waals surface area contributed by atoms with Gasteiger partial charge in [-0.15, -0.1) is 4.91 Å². The Bertz CT molecular complexity index is 78.2. The van der Waals surface area contributed by atoms with E-state index >= 15 is 0 Å². The minimum Gasteiger partial charge on any atom is -0.274 e. The first kappa shape index (κ1) is 10.4. The van der Waals surface area contributed by atoms with E-state index in [1.807, 2.05) is 0 Å². The van der Waals surface area contributed by atoms with Crippen LogP contribution in [-0.2, 0) is 0 Å². The fraction of sp³-hybridized carbons (Fsp3) is 1.00. The summed E-state index contributed by atoms with van der Waals surface area (Å²) in [5, 5.41) is 2.47. The monoisotopic (exact) mass is 158 g/mol. The zero-order valence-corrected chi connectivity index (χ0v) is 7.31. The van der Waals surface area contributed by atoms with Crippen LogP contribution in [0.3, 0.4) is 0 Å². The van der Waals surface area contributed by atoms with Crippen molar-refractivity contribution in [1.82, 2.24) is 5.43 Å². The number of nitrogens with zero attached hydrogens (tertiary/aromatic N) is 1. The molecule has 1 saturated carbocycles. The van der Waals surface area contributed by atoms with Crippen LogP contribution in [-0.4, -0.2) is 6.54 Å². The van der Waals surface area contributed by atoms with Gasteiger partial charge >= 0.3 is 0 Å². The molecule has 11 heavy (non-hydrogen) atoms. The second kappa shape index (κ2) is 9.40. The maximum Gasteiger partial charge on any atom is 0.0496 e. The van der Waals surface area contributed by atoms with Crippen molar-refractivity contribution in [2.75, 3.05) is 6.54 Å². The van der Waals surface area contributed by atoms with Crippen LogP contribution >= 0.6 is 0 Å². The van der Waals surface area contributed by atoms with Gasteiger partial charge in [-0.25, -0.2) is 0 Å². The summed E-state index contributed by atoms with van der Waals surface area (Å²) in [6.07, 6.45) is 8.12. The molecule has 0 unspecified atom stereocenters. The summed E-state index contributed by atoms with van der Waals surface area (Å²) in [6, 6.07) is 0. The summed E-state index contributed by atoms with van der Waals surface area (Å²) in [7, 11) is 0. The smallest absolute Gasteiger partial charge is 0.0496 e. The van der Waals surface area contributed by atoms with E-state index in [-0.39, 0.29) is 0 Å². The molecule has 1 aliphatic carbocycles. The normalized spacial score (nSPS) is 13.9. The first-order valence-electron chi connectivity index (χ1n) is 4.47. The van der Waals surface area contributed by atoms with Gasteiger partial charge < -0.3 is 0 Å². The molecule has 0 aliphatic heterocycles. The van der Waals surface area contributed by atoms with Crippen LogP contribution in [0.5, 0.6) is 0 Å². The van der Waals surface area contributed by atoms with E-state index < -0.39 is 0 Å². The molecule has 0 radical (unpaired) electrons. The van der Waals surface area contributed by atoms with Gasteiger partial charge in [0, 0.05) is 11.8 Å². The Labute approximate surface area is 68.5 Å². The molecule has 3 nitrogen and oxygen atoms in total. The van der Waals surface area contributed by atoms with Gasteiger partial charge in [0.1, 0.15) is 0 Å². The van der Waals surface area contributed by atoms with Gasteiger partial charge in [-0.05, 0) is 6.42 Å². The Morgan fingerprint density at radius 1 is 1.27 bits per heavy atom. The molecule has 0 saturated heterocycles. The number of nitrogens with one attached hydrogen (secondary N) is 1. The zero-order valence-electron chi connectivity index (χ0n) is 7.31. The Balaban J connectivity index is 0.000000207. The molecule has 0 heterocycles. The summed E-state index contributed by atoms with van der Waals surface area (Å²) >= 11 is 0. The number of hydrogen-bond acceptors (Lipinski definition) is 2. The molecule has 1 fully saturated rings. The van der Waals surface area contributed by atoms with Gasteiger partial charge in [0.2, 0.25) is 0 Å². The number of hydrogen-bond donors (Lipinski definition) is 1. The molecule has 3 heteroatoms. The third kappa shape index (κ3) is 9.40. The molecule has 0 bridgehead atoms. The van der Waals surface area contributed by atoms with Crippen LogP contribution in [0.1, 0.15) is 45.4 Å². The van der Waals surface area contributed by atoms with Gasteiger partial charge in [0.05, 0.1) is 0 Å². The minimum atomic E-state index is 0.708. The van der Waals surface area contributed by atoms with E-state index in [2.05, 4.69) is 17.6 Å². The lowest BCUT2D eigenvalue weighted by Gasteiger charge is -2.05. The van der Waals surface area contributed by atoms with Gasteiger partial charge in [-0.3, -0.25) is 5.43 Å². The summed E-state index contributed by atoms with van der Waals surface area (Å²) in [4.78, 5) is 9.32. The van der Waals surface area contributed by atoms with Crippen LogP contribution in [0.15, 0.2) is 5.29 Å². The van der Waals surface area contributed by atoms with Crippen molar-refractivity contribution in [3.05, 3.63) is 4.91 Å². The lowest BCUT2D eigenvalue weighted by atomic mass is 10.0. The van der Waals surface area contributed by atoms with Crippen molar-refractivity contribution in [2.45, 2.75) is 45.4 Å². The highest BCUT2D eigenvalue weighted by molar-refractivity contribution is 4.50. The maximum atomic E-state index is 9.32. The average molecular weight is 158 g/mol. The SMILES string of the molecule is C1CCC1.CCCCNN=O. The molecule has 1 aliphatic rings. The quantitative estimate of drug-likeness (QED) is 0.388. The van der Waals surface area contributed by atoms with Gasteiger partial charge in [-0.1, -0.05) is 39.0 Å². The van der Waals surface area contributed by atoms with Crippen molar-refractivity contribution in [1.29, 1.82) is 0 Å². The van der Waals surface area contributed by atoms with E-state index in [9.17, 15) is 4.91 Å². The van der Waals surface area contributed by atoms with Gasteiger partial charge in [0.25, 0.3) is 0 Å². The third-order valence-electron chi connectivity index (χ3n) is 1.71. The standard InChI is InChI=1S/C4H10N2O.C4H8/c1-2-3-4-5-6-7;1-2-4-3-1/h2-4H2,1H3,(H,5,7);1-4H2. The molecule has 66 valence electrons. The van der Waals surface area contributed by atoms with E-state index in [1.165, 1.54) is 25.7 Å². The van der Waals surface area contributed by atoms with E-state index in [0.717, 1.165) is 12.8 Å². The molecule has 0 aromatic heterocycles. The first-order valence-corrected chi connectivity index (χ1v) is 4.47. The van der Waals surface area contributed by atoms with Gasteiger partial charge in [0.15, 0.2) is 0 Å². The van der Waals surface area contributed by atoms with Crippen LogP contribution in [0.25, 0.3) is 0 Å². The van der Waals surface area contributed by atoms with Crippen LogP contribution in [0.4, 0.5) is 0 Å². The fourth-order valence-electron chi connectivity index (χ4n) is 0.551. The van der Waals surface area contributed by atoms with Crippen molar-refractivity contribution in [3.8, 4) is 0 Å². The molecular weight excluding hydrogens is 140 g/mol. The van der Waals surface area contributed by atoms with Crippen molar-refractivity contribution in [2.24, 2.45) is 5.29 Å². The Hall–Kier alpha value is -0.600. The predicted molar refractivity (Wildman–Crippen MR) is 47.2 cm³/mol. The fourth-order valence-corrected chi connectivity index (χ4v) is 0.551. The van der Waals surface area contributed by atoms with Crippen LogP contribution in [0, 0.1) is 4.91 Å². The Morgan fingerprint density at radius 2 is 1.82 bits per heavy atom. The van der Waals surface area contributed by atoms with Crippen LogP contribution < -0.4 is 5.43 Å². The maximum absolute atomic E-state index is 9.32. The molecule has 0 spiro atoms. The molecule has 0 aromatic rings. The second-order valence-corrected chi connectivity index (χ2v) is 2.77. The molecule has 1 N–H and O–H groups in total. The molecule has 0 atom stereocenters. The third-order valence-corrected chi connectivity index (χ3v) is 1.71. The highest BCUT2D eigenvalue weighted by Crippen LogP contribution is 2.15. The Kier molecular flexibility index (Phi) is 8.89. The molecule has 0 amide bonds. The summed E-state index contributed by atoms with van der Waals surface area (Å²) < 4.78 is 0. The lowest BCUT2D eigenvalue weighted by molar-refractivity contribution is 0.504. The molecular formula is C8H18N2O. The largest absolute Gasteiger partial charge is 0.274 e. The highest BCUT2D eigenvalue weighted by Gasteiger charge is 1.95. The predicted octanol–water partition coefficient (Wildman–Crippen LogP) is 2.62. The summed E-state index contributed by atoms with van der Waals surface area (Å²) in [6.45, 7) is 2.77. The van der Waals surface area contributed by atoms with Crippen molar-refractivity contribution >= 4 is 0 Å². The average Bonchev–Trinajstić information content (AvgIpc) is 1.85. The van der Waals surface area contributed by atoms with Crippen LogP contribution in [0.2, 0.25) is 0 Å². The highest BCUT2D eigenvalue weighted by atomic mass is 16.3. The molecule has 0 aromatic carbocycles.